The number of hydrogen-bond acceptors (Lipinski definition) is 3. The Kier molecular flexibility index (Phi) is 8.57. The van der Waals surface area contributed by atoms with Crippen molar-refractivity contribution in [1.82, 2.24) is 15.1 Å². The molecule has 0 radical (unpaired) electrons. The summed E-state index contributed by atoms with van der Waals surface area (Å²) in [5.41, 5.74) is 3.70. The van der Waals surface area contributed by atoms with E-state index in [9.17, 15) is 4.79 Å². The van der Waals surface area contributed by atoms with Gasteiger partial charge in [-0.05, 0) is 29.7 Å². The van der Waals surface area contributed by atoms with Gasteiger partial charge in [0.05, 0.1) is 0 Å². The van der Waals surface area contributed by atoms with Crippen molar-refractivity contribution in [2.45, 2.75) is 25.9 Å². The van der Waals surface area contributed by atoms with Crippen molar-refractivity contribution in [2.75, 3.05) is 44.7 Å². The molecule has 0 unspecified atom stereocenters. The monoisotopic (exact) mass is 533 g/mol. The van der Waals surface area contributed by atoms with E-state index >= 15 is 0 Å². The third-order valence-electron chi connectivity index (χ3n) is 5.93. The largest absolute Gasteiger partial charge is 0.368 e. The van der Waals surface area contributed by atoms with Crippen LogP contribution in [0.4, 0.5) is 5.69 Å². The zero-order valence-corrected chi connectivity index (χ0v) is 20.5. The Balaban J connectivity index is 0.00000272. The van der Waals surface area contributed by atoms with Crippen molar-refractivity contribution in [1.29, 1.82) is 0 Å². The van der Waals surface area contributed by atoms with E-state index in [4.69, 9.17) is 0 Å². The molecule has 0 saturated carbocycles. The van der Waals surface area contributed by atoms with Crippen LogP contribution in [0.2, 0.25) is 0 Å². The predicted molar refractivity (Wildman–Crippen MR) is 137 cm³/mol. The molecule has 0 atom stereocenters. The van der Waals surface area contributed by atoms with Crippen LogP contribution in [0.15, 0.2) is 59.6 Å². The average Bonchev–Trinajstić information content (AvgIpc) is 3.20. The summed E-state index contributed by atoms with van der Waals surface area (Å²) >= 11 is 0. The van der Waals surface area contributed by atoms with Crippen molar-refractivity contribution >= 4 is 41.5 Å². The van der Waals surface area contributed by atoms with E-state index in [1.165, 1.54) is 16.8 Å². The third-order valence-corrected chi connectivity index (χ3v) is 5.93. The lowest BCUT2D eigenvalue weighted by atomic mass is 10.1. The molecule has 1 N–H and O–H groups in total. The molecule has 2 aromatic carbocycles. The fraction of sp³-hybridized carbons (Fsp3) is 0.417. The molecule has 4 rings (SSSR count). The number of guanidine groups is 1. The van der Waals surface area contributed by atoms with Gasteiger partial charge >= 0.3 is 0 Å². The minimum atomic E-state index is 0. The number of para-hydroxylation sites is 1. The van der Waals surface area contributed by atoms with E-state index in [-0.39, 0.29) is 29.9 Å². The van der Waals surface area contributed by atoms with Crippen LogP contribution < -0.4 is 10.2 Å². The van der Waals surface area contributed by atoms with E-state index in [1.807, 2.05) is 11.9 Å². The Morgan fingerprint density at radius 1 is 0.935 bits per heavy atom. The summed E-state index contributed by atoms with van der Waals surface area (Å²) in [5.74, 6) is 1.23. The van der Waals surface area contributed by atoms with Gasteiger partial charge in [-0.3, -0.25) is 9.79 Å². The van der Waals surface area contributed by atoms with Crippen molar-refractivity contribution in [2.24, 2.45) is 4.99 Å². The third kappa shape index (κ3) is 6.12. The van der Waals surface area contributed by atoms with Crippen LogP contribution in [0, 0.1) is 0 Å². The lowest BCUT2D eigenvalue weighted by Gasteiger charge is -2.37. The van der Waals surface area contributed by atoms with Gasteiger partial charge in [0.2, 0.25) is 5.91 Å². The van der Waals surface area contributed by atoms with Crippen LogP contribution in [-0.2, 0) is 17.9 Å². The first-order chi connectivity index (χ1) is 14.7. The van der Waals surface area contributed by atoms with Gasteiger partial charge in [-0.2, -0.15) is 0 Å². The molecule has 6 nitrogen and oxygen atoms in total. The molecule has 0 aliphatic carbocycles. The summed E-state index contributed by atoms with van der Waals surface area (Å²) in [6.45, 7) is 6.25. The van der Waals surface area contributed by atoms with Crippen molar-refractivity contribution in [3.05, 3.63) is 65.7 Å². The van der Waals surface area contributed by atoms with E-state index < -0.39 is 0 Å². The molecule has 0 spiro atoms. The number of amides is 1. The summed E-state index contributed by atoms with van der Waals surface area (Å²) in [4.78, 5) is 23.0. The molecule has 2 aliphatic heterocycles. The molecule has 2 heterocycles. The van der Waals surface area contributed by atoms with Crippen LogP contribution in [0.3, 0.4) is 0 Å². The molecule has 31 heavy (non-hydrogen) atoms. The van der Waals surface area contributed by atoms with Crippen LogP contribution in [0.5, 0.6) is 0 Å². The number of likely N-dealkylation sites (tertiary alicyclic amines) is 1. The van der Waals surface area contributed by atoms with Crippen LogP contribution in [0.1, 0.15) is 24.0 Å². The molecule has 0 bridgehead atoms. The van der Waals surface area contributed by atoms with Gasteiger partial charge in [-0.1, -0.05) is 42.5 Å². The molecule has 1 amide bonds. The van der Waals surface area contributed by atoms with Crippen LogP contribution in [0.25, 0.3) is 0 Å². The Morgan fingerprint density at radius 3 is 2.23 bits per heavy atom. The van der Waals surface area contributed by atoms with Gasteiger partial charge in [0, 0.05) is 65.0 Å². The van der Waals surface area contributed by atoms with Gasteiger partial charge in [-0.15, -0.1) is 24.0 Å². The molecule has 2 aromatic rings. The Hall–Kier alpha value is -2.29. The number of benzene rings is 2. The molecule has 2 aliphatic rings. The minimum absolute atomic E-state index is 0. The van der Waals surface area contributed by atoms with Crippen LogP contribution >= 0.6 is 24.0 Å². The second kappa shape index (κ2) is 11.4. The first-order valence-corrected chi connectivity index (χ1v) is 10.8. The summed E-state index contributed by atoms with van der Waals surface area (Å²) in [5, 5.41) is 3.50. The lowest BCUT2D eigenvalue weighted by Crippen LogP contribution is -2.52. The van der Waals surface area contributed by atoms with Crippen molar-refractivity contribution in [3.63, 3.8) is 0 Å². The van der Waals surface area contributed by atoms with Crippen molar-refractivity contribution < 1.29 is 4.79 Å². The predicted octanol–water partition coefficient (Wildman–Crippen LogP) is 3.32. The molecule has 2 fully saturated rings. The van der Waals surface area contributed by atoms with Gasteiger partial charge in [-0.25, -0.2) is 0 Å². The number of rotatable bonds is 5. The highest BCUT2D eigenvalue weighted by Gasteiger charge is 2.21. The SMILES string of the molecule is CN=C(NCc1ccc(CN2CCCC2=O)cc1)N1CCN(c2ccccc2)CC1.I. The standard InChI is InChI=1S/C24H31N5O.HI/c1-25-24(28-16-14-27(15-17-28)22-6-3-2-4-7-22)26-18-20-9-11-21(12-10-20)19-29-13-5-8-23(29)30;/h2-4,6-7,9-12H,5,8,13-19H2,1H3,(H,25,26);1H. The number of aliphatic imine (C=N–C) groups is 1. The van der Waals surface area contributed by atoms with Gasteiger partial charge in [0.1, 0.15) is 0 Å². The quantitative estimate of drug-likeness (QED) is 0.364. The second-order valence-corrected chi connectivity index (χ2v) is 7.95. The van der Waals surface area contributed by atoms with E-state index in [1.54, 1.807) is 0 Å². The molecular formula is C24H32IN5O. The first kappa shape index (κ1) is 23.4. The number of halogens is 1. The second-order valence-electron chi connectivity index (χ2n) is 7.95. The Morgan fingerprint density at radius 2 is 1.61 bits per heavy atom. The number of anilines is 1. The Bertz CT molecular complexity index is 863. The molecule has 166 valence electrons. The highest BCUT2D eigenvalue weighted by Crippen LogP contribution is 2.16. The highest BCUT2D eigenvalue weighted by atomic mass is 127. The number of carbonyl (C=O) groups is 1. The minimum Gasteiger partial charge on any atom is -0.368 e. The van der Waals surface area contributed by atoms with Crippen molar-refractivity contribution in [3.8, 4) is 0 Å². The first-order valence-electron chi connectivity index (χ1n) is 10.8. The maximum absolute atomic E-state index is 11.8. The number of carbonyl (C=O) groups excluding carboxylic acids is 1. The lowest BCUT2D eigenvalue weighted by molar-refractivity contribution is -0.128. The number of hydrogen-bond donors (Lipinski definition) is 1. The summed E-state index contributed by atoms with van der Waals surface area (Å²) in [7, 11) is 1.85. The number of nitrogens with zero attached hydrogens (tertiary/aromatic N) is 4. The van der Waals surface area contributed by atoms with Gasteiger partial charge in [0.15, 0.2) is 5.96 Å². The normalized spacial score (nSPS) is 17.0. The molecular weight excluding hydrogens is 501 g/mol. The summed E-state index contributed by atoms with van der Waals surface area (Å²) in [6, 6.07) is 19.1. The summed E-state index contributed by atoms with van der Waals surface area (Å²) in [6.07, 6.45) is 1.68. The number of nitrogens with one attached hydrogen (secondary N) is 1. The molecule has 0 aromatic heterocycles. The molecule has 7 heteroatoms. The fourth-order valence-corrected chi connectivity index (χ4v) is 4.18. The maximum atomic E-state index is 11.8. The zero-order valence-electron chi connectivity index (χ0n) is 18.2. The maximum Gasteiger partial charge on any atom is 0.222 e. The topological polar surface area (TPSA) is 51.2 Å². The van der Waals surface area contributed by atoms with Gasteiger partial charge < -0.3 is 20.0 Å². The zero-order chi connectivity index (χ0) is 20.8. The Labute approximate surface area is 202 Å². The van der Waals surface area contributed by atoms with E-state index in [2.05, 4.69) is 74.7 Å². The van der Waals surface area contributed by atoms with E-state index in [0.29, 0.717) is 6.42 Å². The fourth-order valence-electron chi connectivity index (χ4n) is 4.18. The smallest absolute Gasteiger partial charge is 0.222 e. The number of piperazine rings is 1. The van der Waals surface area contributed by atoms with E-state index in [0.717, 1.165) is 58.2 Å². The highest BCUT2D eigenvalue weighted by molar-refractivity contribution is 14.0. The average molecular weight is 533 g/mol. The molecule has 2 saturated heterocycles. The van der Waals surface area contributed by atoms with Crippen LogP contribution in [-0.4, -0.2) is 61.4 Å². The van der Waals surface area contributed by atoms with Gasteiger partial charge in [0.25, 0.3) is 0 Å². The summed E-state index contributed by atoms with van der Waals surface area (Å²) < 4.78 is 0.